The molecule has 6 heteroatoms. The van der Waals surface area contributed by atoms with Crippen LogP contribution < -0.4 is 5.32 Å². The highest BCUT2D eigenvalue weighted by molar-refractivity contribution is 8.76. The summed E-state index contributed by atoms with van der Waals surface area (Å²) >= 11 is 0. The van der Waals surface area contributed by atoms with Crippen LogP contribution in [0.4, 0.5) is 0 Å². The monoisotopic (exact) mass is 281 g/mol. The quantitative estimate of drug-likeness (QED) is 0.271. The van der Waals surface area contributed by atoms with Gasteiger partial charge in [-0.05, 0) is 27.3 Å². The van der Waals surface area contributed by atoms with E-state index >= 15 is 0 Å². The molecule has 0 aliphatic heterocycles. The first-order valence-corrected chi connectivity index (χ1v) is 8.32. The van der Waals surface area contributed by atoms with Gasteiger partial charge in [0.05, 0.1) is 6.10 Å². The highest BCUT2D eigenvalue weighted by Gasteiger charge is 2.04. The van der Waals surface area contributed by atoms with Crippen molar-refractivity contribution in [3.8, 4) is 0 Å². The lowest BCUT2D eigenvalue weighted by Crippen LogP contribution is -2.11. The van der Waals surface area contributed by atoms with E-state index in [1.54, 1.807) is 21.6 Å². The number of carbonyl (C=O) groups is 1. The van der Waals surface area contributed by atoms with Gasteiger partial charge in [-0.15, -0.1) is 0 Å². The molecule has 0 aromatic rings. The zero-order valence-corrected chi connectivity index (χ0v) is 12.5. The third-order valence-electron chi connectivity index (χ3n) is 1.69. The Balaban J connectivity index is 3.10. The molecule has 0 unspecified atom stereocenters. The minimum atomic E-state index is -0.139. The number of carbonyl (C=O) groups excluding carboxylic acids is 1. The van der Waals surface area contributed by atoms with Gasteiger partial charge in [0.15, 0.2) is 0 Å². The summed E-state index contributed by atoms with van der Waals surface area (Å²) in [4.78, 5) is 11.2. The molecule has 0 spiro atoms. The molecule has 0 aromatic heterocycles. The van der Waals surface area contributed by atoms with Gasteiger partial charge in [0.1, 0.15) is 5.94 Å². The van der Waals surface area contributed by atoms with Crippen LogP contribution in [-0.2, 0) is 14.3 Å². The van der Waals surface area contributed by atoms with Crippen molar-refractivity contribution in [1.82, 2.24) is 5.32 Å². The fourth-order valence-corrected chi connectivity index (χ4v) is 2.64. The van der Waals surface area contributed by atoms with Crippen molar-refractivity contribution in [3.63, 3.8) is 0 Å². The average Bonchev–Trinajstić information content (AvgIpc) is 2.26. The molecule has 0 heterocycles. The van der Waals surface area contributed by atoms with Crippen molar-refractivity contribution in [2.45, 2.75) is 32.8 Å². The molecule has 4 nitrogen and oxygen atoms in total. The van der Waals surface area contributed by atoms with Crippen molar-refractivity contribution in [1.29, 1.82) is 0 Å². The third kappa shape index (κ3) is 14.0. The van der Waals surface area contributed by atoms with Crippen LogP contribution >= 0.6 is 21.6 Å². The Hall–Kier alpha value is 0.0900. The van der Waals surface area contributed by atoms with Gasteiger partial charge in [-0.25, -0.2) is 0 Å². The van der Waals surface area contributed by atoms with Gasteiger partial charge in [-0.3, -0.25) is 4.79 Å². The molecule has 0 fully saturated rings. The van der Waals surface area contributed by atoms with Gasteiger partial charge in [0.2, 0.25) is 0 Å². The average molecular weight is 281 g/mol. The van der Waals surface area contributed by atoms with Gasteiger partial charge in [-0.1, -0.05) is 21.6 Å². The first-order chi connectivity index (χ1) is 8.16. The smallest absolute Gasteiger partial charge is 0.306 e. The molecule has 0 amide bonds. The van der Waals surface area contributed by atoms with E-state index in [4.69, 9.17) is 9.47 Å². The summed E-state index contributed by atoms with van der Waals surface area (Å²) in [5.41, 5.74) is 0. The molecule has 0 aliphatic rings. The van der Waals surface area contributed by atoms with Crippen LogP contribution in [-0.4, -0.2) is 44.0 Å². The molecule has 0 atom stereocenters. The topological polar surface area (TPSA) is 47.6 Å². The molecule has 0 aliphatic carbocycles. The van der Waals surface area contributed by atoms with Crippen LogP contribution in [0, 0.1) is 0 Å². The van der Waals surface area contributed by atoms with Crippen molar-refractivity contribution in [2.24, 2.45) is 0 Å². The summed E-state index contributed by atoms with van der Waals surface area (Å²) in [6, 6.07) is 0. The molecule has 0 radical (unpaired) electrons. The molecular weight excluding hydrogens is 258 g/mol. The lowest BCUT2D eigenvalue weighted by atomic mass is 10.3. The second-order valence-electron chi connectivity index (χ2n) is 3.71. The summed E-state index contributed by atoms with van der Waals surface area (Å²) in [6.45, 7) is 5.34. The Morgan fingerprint density at radius 2 is 2.12 bits per heavy atom. The van der Waals surface area contributed by atoms with Crippen LogP contribution in [0.2, 0.25) is 0 Å². The van der Waals surface area contributed by atoms with Gasteiger partial charge in [-0.2, -0.15) is 0 Å². The molecule has 0 aromatic carbocycles. The maximum atomic E-state index is 11.2. The van der Waals surface area contributed by atoms with E-state index in [9.17, 15) is 4.79 Å². The summed E-state index contributed by atoms with van der Waals surface area (Å²) < 4.78 is 10.4. The van der Waals surface area contributed by atoms with Crippen molar-refractivity contribution >= 4 is 27.6 Å². The number of hydrogen-bond acceptors (Lipinski definition) is 6. The van der Waals surface area contributed by atoms with Gasteiger partial charge < -0.3 is 14.8 Å². The van der Waals surface area contributed by atoms with E-state index in [1.165, 1.54) is 0 Å². The Kier molecular flexibility index (Phi) is 12.6. The van der Waals surface area contributed by atoms with E-state index in [1.807, 2.05) is 20.9 Å². The van der Waals surface area contributed by atoms with Gasteiger partial charge >= 0.3 is 5.97 Å². The number of hydrogen-bond donors (Lipinski definition) is 1. The second kappa shape index (κ2) is 12.5. The Morgan fingerprint density at radius 3 is 2.76 bits per heavy atom. The Bertz CT molecular complexity index is 192. The highest BCUT2D eigenvalue weighted by Crippen LogP contribution is 2.20. The van der Waals surface area contributed by atoms with E-state index in [0.717, 1.165) is 18.7 Å². The maximum Gasteiger partial charge on any atom is 0.306 e. The fraction of sp³-hybridized carbons (Fsp3) is 0.909. The van der Waals surface area contributed by atoms with E-state index in [-0.39, 0.29) is 12.1 Å². The lowest BCUT2D eigenvalue weighted by molar-refractivity contribution is -0.147. The first kappa shape index (κ1) is 17.1. The third-order valence-corrected chi connectivity index (χ3v) is 3.78. The number of esters is 1. The van der Waals surface area contributed by atoms with Gasteiger partial charge in [0, 0.05) is 25.3 Å². The minimum Gasteiger partial charge on any atom is -0.463 e. The number of rotatable bonds is 11. The first-order valence-electron chi connectivity index (χ1n) is 5.83. The molecular formula is C11H23NO3S2. The lowest BCUT2D eigenvalue weighted by Gasteiger charge is -2.07. The van der Waals surface area contributed by atoms with Gasteiger partial charge in [0.25, 0.3) is 0 Å². The van der Waals surface area contributed by atoms with Crippen molar-refractivity contribution in [3.05, 3.63) is 0 Å². The molecule has 17 heavy (non-hydrogen) atoms. The van der Waals surface area contributed by atoms with Crippen LogP contribution in [0.5, 0.6) is 0 Å². The van der Waals surface area contributed by atoms with Crippen LogP contribution in [0.3, 0.4) is 0 Å². The highest BCUT2D eigenvalue weighted by atomic mass is 33.1. The molecule has 0 rings (SSSR count). The van der Waals surface area contributed by atoms with E-state index < -0.39 is 0 Å². The maximum absolute atomic E-state index is 11.2. The van der Waals surface area contributed by atoms with Crippen LogP contribution in [0.15, 0.2) is 0 Å². The molecule has 1 N–H and O–H groups in total. The number of nitrogens with one attached hydrogen (secondary N) is 1. The van der Waals surface area contributed by atoms with Crippen molar-refractivity contribution < 1.29 is 14.3 Å². The summed E-state index contributed by atoms with van der Waals surface area (Å²) in [6.07, 6.45) is 1.14. The van der Waals surface area contributed by atoms with E-state index in [0.29, 0.717) is 19.0 Å². The Labute approximate surface area is 112 Å². The zero-order valence-electron chi connectivity index (χ0n) is 10.9. The largest absolute Gasteiger partial charge is 0.463 e. The standard InChI is InChI=1S/C11H23NO3S2/c1-10(2)15-11(13)5-4-7-14-9-17-16-8-6-12-3/h10,12H,4-9H2,1-3H3. The Morgan fingerprint density at radius 1 is 1.35 bits per heavy atom. The molecule has 0 saturated heterocycles. The summed E-state index contributed by atoms with van der Waals surface area (Å²) in [5, 5.41) is 3.08. The summed E-state index contributed by atoms with van der Waals surface area (Å²) in [5.74, 6) is 1.61. The number of ether oxygens (including phenoxy) is 2. The SMILES string of the molecule is CNCCSSCOCCCC(=O)OC(C)C. The van der Waals surface area contributed by atoms with Crippen LogP contribution in [0.1, 0.15) is 26.7 Å². The molecule has 0 bridgehead atoms. The minimum absolute atomic E-state index is 0.0254. The fourth-order valence-electron chi connectivity index (χ4n) is 0.970. The van der Waals surface area contributed by atoms with Crippen LogP contribution in [0.25, 0.3) is 0 Å². The zero-order chi connectivity index (χ0) is 12.9. The van der Waals surface area contributed by atoms with E-state index in [2.05, 4.69) is 5.32 Å². The summed E-state index contributed by atoms with van der Waals surface area (Å²) in [7, 11) is 5.43. The molecule has 102 valence electrons. The predicted octanol–water partition coefficient (Wildman–Crippen LogP) is 2.29. The van der Waals surface area contributed by atoms with Crippen molar-refractivity contribution in [2.75, 3.05) is 31.9 Å². The second-order valence-corrected chi connectivity index (χ2v) is 6.24. The predicted molar refractivity (Wildman–Crippen MR) is 75.3 cm³/mol. The molecule has 0 saturated carbocycles. The normalized spacial score (nSPS) is 10.8.